The molecule has 0 aliphatic heterocycles. The lowest BCUT2D eigenvalue weighted by atomic mass is 10.2. The third kappa shape index (κ3) is 1.58. The first-order valence-electron chi connectivity index (χ1n) is 4.94. The Bertz CT molecular complexity index is 548. The van der Waals surface area contributed by atoms with Crippen LogP contribution < -0.4 is 0 Å². The molecule has 1 aromatic heterocycles. The number of aryl methyl sites for hydroxylation is 2. The fraction of sp³-hybridized carbons (Fsp3) is 0.250. The zero-order valence-electron chi connectivity index (χ0n) is 8.82. The predicted octanol–water partition coefficient (Wildman–Crippen LogP) is 2.94. The van der Waals surface area contributed by atoms with Gasteiger partial charge in [-0.25, -0.2) is 4.79 Å². The molecule has 0 atom stereocenters. The van der Waals surface area contributed by atoms with Crippen molar-refractivity contribution in [3.05, 3.63) is 30.0 Å². The minimum Gasteiger partial charge on any atom is -0.345 e. The van der Waals surface area contributed by atoms with Crippen LogP contribution in [0.5, 0.6) is 0 Å². The Hall–Kier alpha value is -1.86. The highest BCUT2D eigenvalue weighted by molar-refractivity contribution is 5.84. The van der Waals surface area contributed by atoms with E-state index >= 15 is 0 Å². The molecule has 2 aromatic rings. The molecule has 1 heterocycles. The van der Waals surface area contributed by atoms with E-state index in [2.05, 4.69) is 29.5 Å². The lowest BCUT2D eigenvalue weighted by Crippen LogP contribution is -1.94. The van der Waals surface area contributed by atoms with Gasteiger partial charge in [-0.2, -0.15) is 4.99 Å². The first kappa shape index (κ1) is 9.69. The van der Waals surface area contributed by atoms with Crippen molar-refractivity contribution in [2.75, 3.05) is 0 Å². The van der Waals surface area contributed by atoms with Crippen LogP contribution in [0.15, 0.2) is 29.3 Å². The summed E-state index contributed by atoms with van der Waals surface area (Å²) in [4.78, 5) is 13.7. The molecule has 1 aromatic carbocycles. The van der Waals surface area contributed by atoms with E-state index in [9.17, 15) is 4.79 Å². The molecule has 0 unspecified atom stereocenters. The van der Waals surface area contributed by atoms with Gasteiger partial charge in [0.25, 0.3) is 0 Å². The Morgan fingerprint density at radius 3 is 2.87 bits per heavy atom. The molecule has 2 rings (SSSR count). The molecule has 3 nitrogen and oxygen atoms in total. The number of aliphatic imine (C=N–C) groups is 1. The van der Waals surface area contributed by atoms with Crippen molar-refractivity contribution < 1.29 is 4.79 Å². The predicted molar refractivity (Wildman–Crippen MR) is 60.1 cm³/mol. The molecule has 76 valence electrons. The van der Waals surface area contributed by atoms with Crippen molar-refractivity contribution in [1.82, 2.24) is 4.57 Å². The number of hydrogen-bond acceptors (Lipinski definition) is 2. The summed E-state index contributed by atoms with van der Waals surface area (Å²) in [5.41, 5.74) is 3.06. The van der Waals surface area contributed by atoms with Crippen LogP contribution in [0.4, 0.5) is 5.69 Å². The summed E-state index contributed by atoms with van der Waals surface area (Å²) in [6, 6.07) is 7.82. The van der Waals surface area contributed by atoms with E-state index in [1.165, 1.54) is 11.2 Å². The lowest BCUT2D eigenvalue weighted by molar-refractivity contribution is 0.565. The van der Waals surface area contributed by atoms with Gasteiger partial charge in [0.15, 0.2) is 0 Å². The van der Waals surface area contributed by atoms with Crippen molar-refractivity contribution in [1.29, 1.82) is 0 Å². The molecule has 15 heavy (non-hydrogen) atoms. The van der Waals surface area contributed by atoms with Gasteiger partial charge in [-0.05, 0) is 38.1 Å². The standard InChI is InChI=1S/C12H12N2O/c1-3-14-9(2)6-10-7-11(13-8-15)4-5-12(10)14/h4-7H,3H2,1-2H3. The van der Waals surface area contributed by atoms with Gasteiger partial charge in [-0.15, -0.1) is 0 Å². The Labute approximate surface area is 88.0 Å². The van der Waals surface area contributed by atoms with Gasteiger partial charge in [0, 0.05) is 23.1 Å². The minimum absolute atomic E-state index is 0.658. The van der Waals surface area contributed by atoms with Gasteiger partial charge in [0.05, 0.1) is 5.69 Å². The van der Waals surface area contributed by atoms with Crippen molar-refractivity contribution in [2.45, 2.75) is 20.4 Å². The minimum atomic E-state index is 0.658. The van der Waals surface area contributed by atoms with Crippen LogP contribution in [0.25, 0.3) is 10.9 Å². The summed E-state index contributed by atoms with van der Waals surface area (Å²) in [7, 11) is 0. The van der Waals surface area contributed by atoms with E-state index in [0.717, 1.165) is 11.9 Å². The van der Waals surface area contributed by atoms with Crippen LogP contribution in [-0.4, -0.2) is 10.6 Å². The first-order valence-corrected chi connectivity index (χ1v) is 4.94. The van der Waals surface area contributed by atoms with Crippen LogP contribution in [0.2, 0.25) is 0 Å². The van der Waals surface area contributed by atoms with Gasteiger partial charge < -0.3 is 4.57 Å². The van der Waals surface area contributed by atoms with E-state index in [4.69, 9.17) is 0 Å². The van der Waals surface area contributed by atoms with Gasteiger partial charge in [-0.3, -0.25) is 0 Å². The van der Waals surface area contributed by atoms with Crippen molar-refractivity contribution >= 4 is 22.7 Å². The summed E-state index contributed by atoms with van der Waals surface area (Å²) in [5.74, 6) is 0. The lowest BCUT2D eigenvalue weighted by Gasteiger charge is -2.03. The second-order valence-corrected chi connectivity index (χ2v) is 3.48. The van der Waals surface area contributed by atoms with Gasteiger partial charge in [0.1, 0.15) is 0 Å². The van der Waals surface area contributed by atoms with Crippen LogP contribution >= 0.6 is 0 Å². The fourth-order valence-corrected chi connectivity index (χ4v) is 1.94. The van der Waals surface area contributed by atoms with Gasteiger partial charge in [-0.1, -0.05) is 0 Å². The highest BCUT2D eigenvalue weighted by atomic mass is 16.1. The van der Waals surface area contributed by atoms with E-state index in [-0.39, 0.29) is 0 Å². The van der Waals surface area contributed by atoms with E-state index in [1.807, 2.05) is 18.2 Å². The Balaban J connectivity index is 2.69. The molecule has 3 heteroatoms. The van der Waals surface area contributed by atoms with Crippen LogP contribution in [-0.2, 0) is 11.3 Å². The summed E-state index contributed by atoms with van der Waals surface area (Å²) in [6.45, 7) is 5.14. The zero-order valence-corrected chi connectivity index (χ0v) is 8.82. The van der Waals surface area contributed by atoms with Gasteiger partial charge in [0.2, 0.25) is 6.08 Å². The van der Waals surface area contributed by atoms with Crippen LogP contribution in [0.3, 0.4) is 0 Å². The molecule has 0 fully saturated rings. The van der Waals surface area contributed by atoms with E-state index in [1.54, 1.807) is 6.08 Å². The molecule has 0 saturated heterocycles. The van der Waals surface area contributed by atoms with Crippen molar-refractivity contribution in [3.63, 3.8) is 0 Å². The summed E-state index contributed by atoms with van der Waals surface area (Å²) < 4.78 is 2.23. The number of carbonyl (C=O) groups excluding carboxylic acids is 1. The topological polar surface area (TPSA) is 34.4 Å². The van der Waals surface area contributed by atoms with Crippen LogP contribution in [0, 0.1) is 6.92 Å². The van der Waals surface area contributed by atoms with Gasteiger partial charge >= 0.3 is 0 Å². The Morgan fingerprint density at radius 2 is 2.20 bits per heavy atom. The fourth-order valence-electron chi connectivity index (χ4n) is 1.94. The molecule has 0 aliphatic carbocycles. The molecular weight excluding hydrogens is 188 g/mol. The Morgan fingerprint density at radius 1 is 1.40 bits per heavy atom. The second-order valence-electron chi connectivity index (χ2n) is 3.48. The van der Waals surface area contributed by atoms with E-state index < -0.39 is 0 Å². The maximum atomic E-state index is 10.1. The van der Waals surface area contributed by atoms with Crippen molar-refractivity contribution in [3.8, 4) is 0 Å². The second kappa shape index (κ2) is 3.71. The summed E-state index contributed by atoms with van der Waals surface area (Å²) in [6.07, 6.45) is 1.55. The number of aromatic nitrogens is 1. The first-order chi connectivity index (χ1) is 7.26. The number of isocyanates is 1. The summed E-state index contributed by atoms with van der Waals surface area (Å²) in [5, 5.41) is 1.12. The third-order valence-electron chi connectivity index (χ3n) is 2.58. The smallest absolute Gasteiger partial charge is 0.240 e. The third-order valence-corrected chi connectivity index (χ3v) is 2.58. The number of rotatable bonds is 2. The number of fused-ring (bicyclic) bond motifs is 1. The van der Waals surface area contributed by atoms with Crippen LogP contribution in [0.1, 0.15) is 12.6 Å². The molecule has 0 spiro atoms. The maximum absolute atomic E-state index is 10.1. The molecule has 0 saturated carbocycles. The number of nitrogens with zero attached hydrogens (tertiary/aromatic N) is 2. The van der Waals surface area contributed by atoms with Crippen molar-refractivity contribution in [2.24, 2.45) is 4.99 Å². The normalized spacial score (nSPS) is 10.3. The maximum Gasteiger partial charge on any atom is 0.240 e. The molecule has 0 N–H and O–H groups in total. The average molecular weight is 200 g/mol. The zero-order chi connectivity index (χ0) is 10.8. The average Bonchev–Trinajstić information content (AvgIpc) is 2.53. The molecule has 0 amide bonds. The number of benzene rings is 1. The summed E-state index contributed by atoms with van der Waals surface area (Å²) >= 11 is 0. The molecular formula is C12H12N2O. The largest absolute Gasteiger partial charge is 0.345 e. The Kier molecular flexibility index (Phi) is 2.40. The highest BCUT2D eigenvalue weighted by Crippen LogP contribution is 2.24. The molecule has 0 aliphatic rings. The molecule has 0 radical (unpaired) electrons. The monoisotopic (exact) mass is 200 g/mol. The quantitative estimate of drug-likeness (QED) is 0.542. The molecule has 0 bridgehead atoms. The SMILES string of the molecule is CCn1c(C)cc2cc(N=C=O)ccc21. The highest BCUT2D eigenvalue weighted by Gasteiger charge is 2.04. The number of hydrogen-bond donors (Lipinski definition) is 0. The van der Waals surface area contributed by atoms with E-state index in [0.29, 0.717) is 5.69 Å².